The minimum absolute atomic E-state index is 0.0173. The second-order valence-corrected chi connectivity index (χ2v) is 13.9. The van der Waals surface area contributed by atoms with E-state index in [-0.39, 0.29) is 18.2 Å². The summed E-state index contributed by atoms with van der Waals surface area (Å²) in [6.45, 7) is 14.4. The number of ether oxygens (including phenoxy) is 2. The average Bonchev–Trinajstić information content (AvgIpc) is 3.66. The molecule has 2 aliphatic rings. The van der Waals surface area contributed by atoms with Crippen molar-refractivity contribution in [3.8, 4) is 5.75 Å². The third kappa shape index (κ3) is 9.48. The number of anilines is 1. The number of rotatable bonds is 11. The van der Waals surface area contributed by atoms with E-state index >= 15 is 4.39 Å². The Balaban J connectivity index is 1.26. The summed E-state index contributed by atoms with van der Waals surface area (Å²) >= 11 is 1.65. The second kappa shape index (κ2) is 14.6. The first-order valence-corrected chi connectivity index (χ1v) is 16.4. The lowest BCUT2D eigenvalue weighted by molar-refractivity contribution is -0.132. The van der Waals surface area contributed by atoms with Gasteiger partial charge in [-0.1, -0.05) is 32.0 Å². The largest absolute Gasteiger partial charge is 0.493 e. The van der Waals surface area contributed by atoms with Gasteiger partial charge in [0.15, 0.2) is 5.82 Å². The Bertz CT molecular complexity index is 1220. The van der Waals surface area contributed by atoms with E-state index in [1.54, 1.807) is 49.6 Å². The number of amides is 2. The van der Waals surface area contributed by atoms with Gasteiger partial charge in [-0.15, -0.1) is 11.8 Å². The Kier molecular flexibility index (Phi) is 11.2. The van der Waals surface area contributed by atoms with Gasteiger partial charge in [0.25, 0.3) is 0 Å². The number of piperidine rings is 1. The van der Waals surface area contributed by atoms with Crippen molar-refractivity contribution in [3.05, 3.63) is 35.4 Å². The molecule has 0 saturated carbocycles. The summed E-state index contributed by atoms with van der Waals surface area (Å²) in [7, 11) is 0. The van der Waals surface area contributed by atoms with Gasteiger partial charge in [0.05, 0.1) is 12.5 Å². The van der Waals surface area contributed by atoms with Crippen molar-refractivity contribution in [1.29, 1.82) is 0 Å². The van der Waals surface area contributed by atoms with E-state index in [9.17, 15) is 9.59 Å². The number of nitrogens with zero attached hydrogens (tertiary/aromatic N) is 4. The fraction of sp³-hybridized carbons (Fsp3) is 0.677. The molecule has 10 nitrogen and oxygen atoms in total. The number of hydrogen-bond acceptors (Lipinski definition) is 9. The highest BCUT2D eigenvalue weighted by Gasteiger charge is 2.31. The standard InChI is InChI=1S/C31H46FN5O5S/c1-20(2)27-34-29(42-35-27)36-12-9-22(10-13-36)21(3)11-15-40-24-8-7-23(25(32)18-24)17-26(28(38)37-14-16-43-19-37)33-30(39)41-31(4,5)6/h7-8,18,20-22,26H,9-17,19H2,1-6H3,(H,33,39)/t21?,26-/m0/s1. The van der Waals surface area contributed by atoms with Gasteiger partial charge in [-0.05, 0) is 63.5 Å². The van der Waals surface area contributed by atoms with Gasteiger partial charge < -0.3 is 29.1 Å². The summed E-state index contributed by atoms with van der Waals surface area (Å²) in [5, 5.41) is 6.74. The lowest BCUT2D eigenvalue weighted by Gasteiger charge is -2.33. The van der Waals surface area contributed by atoms with Crippen LogP contribution in [0.2, 0.25) is 0 Å². The fourth-order valence-corrected chi connectivity index (χ4v) is 6.26. The normalized spacial score (nSPS) is 17.7. The average molecular weight is 620 g/mol. The molecule has 2 aliphatic heterocycles. The molecule has 0 aliphatic carbocycles. The van der Waals surface area contributed by atoms with Crippen LogP contribution in [0.1, 0.15) is 78.1 Å². The lowest BCUT2D eigenvalue weighted by Crippen LogP contribution is -2.50. The zero-order valence-corrected chi connectivity index (χ0v) is 27.0. The molecule has 0 spiro atoms. The van der Waals surface area contributed by atoms with Gasteiger partial charge in [0, 0.05) is 43.8 Å². The monoisotopic (exact) mass is 619 g/mol. The molecule has 2 saturated heterocycles. The van der Waals surface area contributed by atoms with Gasteiger partial charge in [0.2, 0.25) is 5.91 Å². The molecular formula is C31H46FN5O5S. The molecule has 1 aromatic carbocycles. The molecule has 1 N–H and O–H groups in total. The second-order valence-electron chi connectivity index (χ2n) is 12.8. The van der Waals surface area contributed by atoms with E-state index in [0.717, 1.165) is 43.9 Å². The molecule has 4 rings (SSSR count). The molecule has 2 fully saturated rings. The van der Waals surface area contributed by atoms with Gasteiger partial charge in [-0.2, -0.15) is 4.98 Å². The van der Waals surface area contributed by atoms with E-state index in [4.69, 9.17) is 14.0 Å². The number of halogens is 1. The van der Waals surface area contributed by atoms with Crippen LogP contribution >= 0.6 is 11.8 Å². The zero-order chi connectivity index (χ0) is 31.1. The first-order chi connectivity index (χ1) is 20.4. The quantitative estimate of drug-likeness (QED) is 0.343. The van der Waals surface area contributed by atoms with E-state index in [1.165, 1.54) is 6.07 Å². The van der Waals surface area contributed by atoms with Crippen molar-refractivity contribution < 1.29 is 28.0 Å². The number of thioether (sulfide) groups is 1. The molecule has 238 valence electrons. The van der Waals surface area contributed by atoms with Crippen molar-refractivity contribution >= 4 is 29.8 Å². The molecular weight excluding hydrogens is 573 g/mol. The van der Waals surface area contributed by atoms with Crippen molar-refractivity contribution in [2.75, 3.05) is 42.8 Å². The van der Waals surface area contributed by atoms with Crippen LogP contribution in [0.25, 0.3) is 0 Å². The predicted octanol–water partition coefficient (Wildman–Crippen LogP) is 5.62. The topological polar surface area (TPSA) is 110 Å². The molecule has 1 aromatic heterocycles. The summed E-state index contributed by atoms with van der Waals surface area (Å²) in [6, 6.07) is 4.38. The number of benzene rings is 1. The fourth-order valence-electron chi connectivity index (χ4n) is 5.31. The van der Waals surface area contributed by atoms with Crippen LogP contribution in [0, 0.1) is 17.7 Å². The Morgan fingerprint density at radius 1 is 1.19 bits per heavy atom. The van der Waals surface area contributed by atoms with Gasteiger partial charge in [-0.25, -0.2) is 9.18 Å². The Morgan fingerprint density at radius 3 is 2.53 bits per heavy atom. The summed E-state index contributed by atoms with van der Waals surface area (Å²) < 4.78 is 31.9. The first kappa shape index (κ1) is 32.9. The van der Waals surface area contributed by atoms with Gasteiger partial charge >= 0.3 is 12.1 Å². The van der Waals surface area contributed by atoms with Crippen LogP contribution < -0.4 is 15.0 Å². The van der Waals surface area contributed by atoms with Crippen LogP contribution in [0.4, 0.5) is 15.2 Å². The van der Waals surface area contributed by atoms with Gasteiger partial charge in [-0.3, -0.25) is 4.79 Å². The van der Waals surface area contributed by atoms with Crippen molar-refractivity contribution in [2.45, 2.75) is 84.8 Å². The minimum Gasteiger partial charge on any atom is -0.493 e. The molecule has 2 aromatic rings. The highest BCUT2D eigenvalue weighted by molar-refractivity contribution is 7.99. The highest BCUT2D eigenvalue weighted by atomic mass is 32.2. The molecule has 0 radical (unpaired) electrons. The Morgan fingerprint density at radius 2 is 1.93 bits per heavy atom. The summed E-state index contributed by atoms with van der Waals surface area (Å²) in [5.74, 6) is 3.10. The van der Waals surface area contributed by atoms with Crippen molar-refractivity contribution in [2.24, 2.45) is 11.8 Å². The molecule has 43 heavy (non-hydrogen) atoms. The number of hydrogen-bond donors (Lipinski definition) is 1. The summed E-state index contributed by atoms with van der Waals surface area (Å²) in [4.78, 5) is 34.0. The Hall–Kier alpha value is -3.02. The lowest BCUT2D eigenvalue weighted by atomic mass is 9.84. The third-order valence-corrected chi connectivity index (χ3v) is 8.87. The maximum atomic E-state index is 15.2. The SMILES string of the molecule is CC(C)c1noc(N2CCC(C(C)CCOc3ccc(C[C@H](NC(=O)OC(C)(C)C)C(=O)N4CCSC4)c(F)c3)CC2)n1. The smallest absolute Gasteiger partial charge is 0.408 e. The number of alkyl carbamates (subject to hydrolysis) is 1. The minimum atomic E-state index is -0.931. The van der Waals surface area contributed by atoms with E-state index in [2.05, 4.69) is 27.3 Å². The van der Waals surface area contributed by atoms with E-state index < -0.39 is 23.6 Å². The number of nitrogens with one attached hydrogen (secondary N) is 1. The van der Waals surface area contributed by atoms with Crippen LogP contribution in [-0.2, 0) is 16.0 Å². The molecule has 0 bridgehead atoms. The molecule has 3 heterocycles. The highest BCUT2D eigenvalue weighted by Crippen LogP contribution is 2.30. The van der Waals surface area contributed by atoms with Crippen LogP contribution in [-0.4, -0.2) is 76.6 Å². The maximum Gasteiger partial charge on any atom is 0.408 e. The van der Waals surface area contributed by atoms with Crippen LogP contribution in [0.3, 0.4) is 0 Å². The van der Waals surface area contributed by atoms with Gasteiger partial charge in [0.1, 0.15) is 23.2 Å². The summed E-state index contributed by atoms with van der Waals surface area (Å²) in [5.41, 5.74) is -0.386. The van der Waals surface area contributed by atoms with Crippen molar-refractivity contribution in [1.82, 2.24) is 20.4 Å². The maximum absolute atomic E-state index is 15.2. The zero-order valence-electron chi connectivity index (χ0n) is 26.2. The summed E-state index contributed by atoms with van der Waals surface area (Å²) in [6.07, 6.45) is 2.25. The number of aromatic nitrogens is 2. The third-order valence-electron chi connectivity index (χ3n) is 7.91. The first-order valence-electron chi connectivity index (χ1n) is 15.3. The predicted molar refractivity (Wildman–Crippen MR) is 165 cm³/mol. The molecule has 1 unspecified atom stereocenters. The molecule has 2 atom stereocenters. The van der Waals surface area contributed by atoms with Crippen LogP contribution in [0.5, 0.6) is 5.75 Å². The van der Waals surface area contributed by atoms with E-state index in [1.807, 2.05) is 13.8 Å². The van der Waals surface area contributed by atoms with Crippen LogP contribution in [0.15, 0.2) is 22.7 Å². The molecule has 12 heteroatoms. The van der Waals surface area contributed by atoms with Crippen molar-refractivity contribution in [3.63, 3.8) is 0 Å². The number of carbonyl (C=O) groups is 2. The Labute approximate surface area is 258 Å². The number of carbonyl (C=O) groups excluding carboxylic acids is 2. The molecule has 2 amide bonds. The van der Waals surface area contributed by atoms with E-state index in [0.29, 0.717) is 48.2 Å².